The highest BCUT2D eigenvalue weighted by Crippen LogP contribution is 2.54. The maximum absolute atomic E-state index is 9.24. The lowest BCUT2D eigenvalue weighted by Gasteiger charge is -2.26. The smallest absolute Gasteiger partial charge is 0.165 e. The molecule has 3 aliphatic heterocycles. The fourth-order valence-corrected chi connectivity index (χ4v) is 4.31. The number of anilines is 1. The third-order valence-corrected chi connectivity index (χ3v) is 5.44. The Balaban J connectivity index is 1.62. The molecule has 2 aromatic rings. The van der Waals surface area contributed by atoms with Crippen LogP contribution in [0.5, 0.6) is 17.2 Å². The van der Waals surface area contributed by atoms with Crippen LogP contribution < -0.4 is 19.1 Å². The summed E-state index contributed by atoms with van der Waals surface area (Å²) in [5.74, 6) is 2.47. The van der Waals surface area contributed by atoms with E-state index in [1.54, 1.807) is 0 Å². The predicted octanol–water partition coefficient (Wildman–Crippen LogP) is 2.34. The molecule has 1 N–H and O–H groups in total. The molecule has 0 aliphatic carbocycles. The van der Waals surface area contributed by atoms with Crippen LogP contribution in [-0.4, -0.2) is 44.6 Å². The number of para-hydroxylation sites is 1. The van der Waals surface area contributed by atoms with Crippen molar-refractivity contribution in [3.05, 3.63) is 47.5 Å². The van der Waals surface area contributed by atoms with Gasteiger partial charge in [-0.25, -0.2) is 0 Å². The zero-order chi connectivity index (χ0) is 16.9. The SMILES string of the molecule is OCCCN1CC2(COc3cc4c(cc32)OCCO4)c2ccccc21. The van der Waals surface area contributed by atoms with Crippen LogP contribution >= 0.6 is 0 Å². The second-order valence-corrected chi connectivity index (χ2v) is 6.88. The number of aliphatic hydroxyl groups is 1. The molecule has 0 aromatic heterocycles. The van der Waals surface area contributed by atoms with Gasteiger partial charge >= 0.3 is 0 Å². The van der Waals surface area contributed by atoms with E-state index in [0.29, 0.717) is 19.8 Å². The van der Waals surface area contributed by atoms with Gasteiger partial charge in [0.15, 0.2) is 11.5 Å². The first-order valence-corrected chi connectivity index (χ1v) is 8.84. The molecule has 1 atom stereocenters. The van der Waals surface area contributed by atoms with E-state index < -0.39 is 0 Å². The highest BCUT2D eigenvalue weighted by atomic mass is 16.6. The van der Waals surface area contributed by atoms with Crippen molar-refractivity contribution >= 4 is 5.69 Å². The van der Waals surface area contributed by atoms with Crippen molar-refractivity contribution in [1.29, 1.82) is 0 Å². The van der Waals surface area contributed by atoms with Gasteiger partial charge in [0.05, 0.1) is 5.41 Å². The Hall–Kier alpha value is -2.40. The molecule has 5 nitrogen and oxygen atoms in total. The molecule has 3 heterocycles. The van der Waals surface area contributed by atoms with Crippen LogP contribution in [0.4, 0.5) is 5.69 Å². The minimum absolute atomic E-state index is 0.183. The standard InChI is InChI=1S/C20H21NO4/c22-7-3-6-21-12-20(14-4-1-2-5-16(14)21)13-25-17-11-19-18(10-15(17)20)23-8-9-24-19/h1-2,4-5,10-11,22H,3,6-9,12-13H2. The van der Waals surface area contributed by atoms with Crippen molar-refractivity contribution in [2.24, 2.45) is 0 Å². The summed E-state index contributed by atoms with van der Waals surface area (Å²) in [4.78, 5) is 2.36. The Bertz CT molecular complexity index is 821. The number of nitrogens with zero attached hydrogens (tertiary/aromatic N) is 1. The number of hydrogen-bond donors (Lipinski definition) is 1. The third kappa shape index (κ3) is 2.12. The molecule has 0 saturated carbocycles. The Labute approximate surface area is 146 Å². The molecule has 1 unspecified atom stereocenters. The molecule has 0 radical (unpaired) electrons. The van der Waals surface area contributed by atoms with Gasteiger partial charge in [0, 0.05) is 37.0 Å². The van der Waals surface area contributed by atoms with E-state index in [0.717, 1.165) is 36.8 Å². The maximum atomic E-state index is 9.24. The lowest BCUT2D eigenvalue weighted by atomic mass is 9.77. The van der Waals surface area contributed by atoms with Crippen molar-refractivity contribution in [2.45, 2.75) is 11.8 Å². The highest BCUT2D eigenvalue weighted by molar-refractivity contribution is 5.70. The number of benzene rings is 2. The molecule has 1 spiro atoms. The Morgan fingerprint density at radius 3 is 2.60 bits per heavy atom. The first kappa shape index (κ1) is 14.9. The number of rotatable bonds is 3. The third-order valence-electron chi connectivity index (χ3n) is 5.44. The molecule has 25 heavy (non-hydrogen) atoms. The lowest BCUT2D eigenvalue weighted by molar-refractivity contribution is 0.171. The first-order chi connectivity index (χ1) is 12.3. The fraction of sp³-hybridized carbons (Fsp3) is 0.400. The van der Waals surface area contributed by atoms with E-state index in [1.165, 1.54) is 16.8 Å². The van der Waals surface area contributed by atoms with Crippen LogP contribution in [-0.2, 0) is 5.41 Å². The largest absolute Gasteiger partial charge is 0.492 e. The Kier molecular flexibility index (Phi) is 3.31. The lowest BCUT2D eigenvalue weighted by Crippen LogP contribution is -2.36. The molecule has 5 rings (SSSR count). The van der Waals surface area contributed by atoms with Crippen molar-refractivity contribution in [3.8, 4) is 17.2 Å². The normalized spacial score (nSPS) is 22.7. The number of fused-ring (bicyclic) bond motifs is 5. The molecule has 0 saturated heterocycles. The summed E-state index contributed by atoms with van der Waals surface area (Å²) in [6, 6.07) is 12.6. The summed E-state index contributed by atoms with van der Waals surface area (Å²) in [7, 11) is 0. The van der Waals surface area contributed by atoms with E-state index >= 15 is 0 Å². The van der Waals surface area contributed by atoms with Crippen molar-refractivity contribution < 1.29 is 19.3 Å². The average molecular weight is 339 g/mol. The van der Waals surface area contributed by atoms with E-state index in [-0.39, 0.29) is 12.0 Å². The monoisotopic (exact) mass is 339 g/mol. The predicted molar refractivity (Wildman–Crippen MR) is 94.1 cm³/mol. The summed E-state index contributed by atoms with van der Waals surface area (Å²) in [6.45, 7) is 3.69. The highest BCUT2D eigenvalue weighted by Gasteiger charge is 2.50. The number of ether oxygens (including phenoxy) is 3. The van der Waals surface area contributed by atoms with Gasteiger partial charge in [0.25, 0.3) is 0 Å². The number of hydrogen-bond acceptors (Lipinski definition) is 5. The quantitative estimate of drug-likeness (QED) is 0.930. The topological polar surface area (TPSA) is 51.2 Å². The summed E-state index contributed by atoms with van der Waals surface area (Å²) in [5, 5.41) is 9.24. The fourth-order valence-electron chi connectivity index (χ4n) is 4.31. The van der Waals surface area contributed by atoms with E-state index in [1.807, 2.05) is 6.07 Å². The minimum atomic E-state index is -0.183. The average Bonchev–Trinajstić information content (AvgIpc) is 3.18. The molecule has 2 aromatic carbocycles. The molecule has 0 fully saturated rings. The van der Waals surface area contributed by atoms with Crippen LogP contribution in [0, 0.1) is 0 Å². The van der Waals surface area contributed by atoms with Crippen LogP contribution in [0.3, 0.4) is 0 Å². The Morgan fingerprint density at radius 1 is 0.960 bits per heavy atom. The van der Waals surface area contributed by atoms with Crippen LogP contribution in [0.2, 0.25) is 0 Å². The van der Waals surface area contributed by atoms with E-state index in [4.69, 9.17) is 14.2 Å². The van der Waals surface area contributed by atoms with Gasteiger partial charge < -0.3 is 24.2 Å². The summed E-state index contributed by atoms with van der Waals surface area (Å²) >= 11 is 0. The van der Waals surface area contributed by atoms with E-state index in [2.05, 4.69) is 35.2 Å². The molecular weight excluding hydrogens is 318 g/mol. The van der Waals surface area contributed by atoms with Crippen LogP contribution in [0.1, 0.15) is 17.5 Å². The van der Waals surface area contributed by atoms with Crippen LogP contribution in [0.25, 0.3) is 0 Å². The number of aliphatic hydroxyl groups excluding tert-OH is 1. The second-order valence-electron chi connectivity index (χ2n) is 6.88. The molecule has 0 amide bonds. The van der Waals surface area contributed by atoms with Crippen molar-refractivity contribution in [1.82, 2.24) is 0 Å². The zero-order valence-corrected chi connectivity index (χ0v) is 14.0. The van der Waals surface area contributed by atoms with Gasteiger partial charge in [-0.1, -0.05) is 18.2 Å². The maximum Gasteiger partial charge on any atom is 0.165 e. The van der Waals surface area contributed by atoms with Crippen LogP contribution in [0.15, 0.2) is 36.4 Å². The molecular formula is C20H21NO4. The van der Waals surface area contributed by atoms with Crippen molar-refractivity contribution in [3.63, 3.8) is 0 Å². The first-order valence-electron chi connectivity index (χ1n) is 8.84. The minimum Gasteiger partial charge on any atom is -0.492 e. The van der Waals surface area contributed by atoms with E-state index in [9.17, 15) is 5.11 Å². The molecule has 3 aliphatic rings. The molecule has 0 bridgehead atoms. The second kappa shape index (κ2) is 5.56. The van der Waals surface area contributed by atoms with Gasteiger partial charge in [-0.15, -0.1) is 0 Å². The molecule has 130 valence electrons. The van der Waals surface area contributed by atoms with Gasteiger partial charge in [-0.2, -0.15) is 0 Å². The van der Waals surface area contributed by atoms with Gasteiger partial charge in [0.1, 0.15) is 25.6 Å². The van der Waals surface area contributed by atoms with Gasteiger partial charge in [-0.05, 0) is 24.1 Å². The summed E-state index contributed by atoms with van der Waals surface area (Å²) < 4.78 is 17.6. The van der Waals surface area contributed by atoms with Gasteiger partial charge in [0.2, 0.25) is 0 Å². The molecule has 5 heteroatoms. The summed E-state index contributed by atoms with van der Waals surface area (Å²) in [6.07, 6.45) is 0.763. The zero-order valence-electron chi connectivity index (χ0n) is 14.0. The van der Waals surface area contributed by atoms with Crippen molar-refractivity contribution in [2.75, 3.05) is 44.4 Å². The Morgan fingerprint density at radius 2 is 1.76 bits per heavy atom. The van der Waals surface area contributed by atoms with Gasteiger partial charge in [-0.3, -0.25) is 0 Å². The summed E-state index contributed by atoms with van der Waals surface area (Å²) in [5.41, 5.74) is 3.53.